The number of benzene rings is 2. The van der Waals surface area contributed by atoms with Gasteiger partial charge in [0.15, 0.2) is 5.69 Å². The SMILES string of the molecule is CC(=O)N1CC[C@@H](n2cnc(C(=O)N3CCN(C(=O)O)C[C@H]3Cc3ccccc3)c2-c2ccccc2)C1. The molecule has 9 heteroatoms. The first-order valence-corrected chi connectivity index (χ1v) is 12.6. The fourth-order valence-electron chi connectivity index (χ4n) is 5.42. The van der Waals surface area contributed by atoms with Crippen molar-refractivity contribution >= 4 is 17.9 Å². The maximum Gasteiger partial charge on any atom is 0.407 e. The second-order valence-corrected chi connectivity index (χ2v) is 9.69. The number of amides is 3. The largest absolute Gasteiger partial charge is 0.465 e. The molecule has 37 heavy (non-hydrogen) atoms. The average molecular weight is 502 g/mol. The number of carbonyl (C=O) groups is 3. The summed E-state index contributed by atoms with van der Waals surface area (Å²) in [5.41, 5.74) is 3.02. The maximum atomic E-state index is 14.1. The van der Waals surface area contributed by atoms with E-state index in [1.54, 1.807) is 18.2 Å². The molecule has 5 rings (SSSR count). The van der Waals surface area contributed by atoms with Gasteiger partial charge in [-0.15, -0.1) is 0 Å². The van der Waals surface area contributed by atoms with Crippen LogP contribution < -0.4 is 0 Å². The topological polar surface area (TPSA) is 99.0 Å². The molecule has 1 aromatic heterocycles. The van der Waals surface area contributed by atoms with E-state index in [1.165, 1.54) is 4.90 Å². The van der Waals surface area contributed by atoms with Gasteiger partial charge in [-0.05, 0) is 18.4 Å². The monoisotopic (exact) mass is 501 g/mol. The van der Waals surface area contributed by atoms with Gasteiger partial charge < -0.3 is 24.4 Å². The van der Waals surface area contributed by atoms with Crippen molar-refractivity contribution in [1.82, 2.24) is 24.3 Å². The standard InChI is InChI=1S/C28H31N5O4/c1-20(34)30-13-12-23(17-30)33-19-29-25(26(33)22-10-6-3-7-11-22)27(35)32-15-14-31(28(36)37)18-24(32)16-21-8-4-2-5-9-21/h2-11,19,23-24H,12-18H2,1H3,(H,36,37)/t23-,24-/m1/s1. The lowest BCUT2D eigenvalue weighted by atomic mass is 10.0. The van der Waals surface area contributed by atoms with Crippen LogP contribution in [-0.4, -0.2) is 86.0 Å². The van der Waals surface area contributed by atoms with Crippen LogP contribution in [0.2, 0.25) is 0 Å². The molecule has 192 valence electrons. The molecule has 2 saturated heterocycles. The van der Waals surface area contributed by atoms with Crippen molar-refractivity contribution in [3.8, 4) is 11.3 Å². The summed E-state index contributed by atoms with van der Waals surface area (Å²) in [6.07, 6.45) is 2.07. The molecule has 2 aliphatic heterocycles. The lowest BCUT2D eigenvalue weighted by Crippen LogP contribution is -2.57. The molecule has 0 aliphatic carbocycles. The lowest BCUT2D eigenvalue weighted by molar-refractivity contribution is -0.127. The highest BCUT2D eigenvalue weighted by Gasteiger charge is 2.36. The molecule has 0 saturated carbocycles. The first-order valence-electron chi connectivity index (χ1n) is 12.6. The van der Waals surface area contributed by atoms with E-state index in [-0.39, 0.29) is 37.0 Å². The second kappa shape index (κ2) is 10.5. The van der Waals surface area contributed by atoms with Gasteiger partial charge in [-0.2, -0.15) is 0 Å². The van der Waals surface area contributed by atoms with Crippen molar-refractivity contribution in [3.05, 3.63) is 78.2 Å². The zero-order valence-electron chi connectivity index (χ0n) is 20.9. The third kappa shape index (κ3) is 5.07. The van der Waals surface area contributed by atoms with Crippen LogP contribution in [0.25, 0.3) is 11.3 Å². The number of piperazine rings is 1. The molecular formula is C28H31N5O4. The van der Waals surface area contributed by atoms with Crippen molar-refractivity contribution in [2.45, 2.75) is 31.8 Å². The van der Waals surface area contributed by atoms with E-state index >= 15 is 0 Å². The molecule has 0 radical (unpaired) electrons. The van der Waals surface area contributed by atoms with E-state index < -0.39 is 6.09 Å². The van der Waals surface area contributed by atoms with Gasteiger partial charge in [0.25, 0.3) is 5.91 Å². The Morgan fingerprint density at radius 1 is 0.919 bits per heavy atom. The highest BCUT2D eigenvalue weighted by molar-refractivity contribution is 5.98. The van der Waals surface area contributed by atoms with E-state index in [0.29, 0.717) is 31.7 Å². The van der Waals surface area contributed by atoms with E-state index in [9.17, 15) is 19.5 Å². The van der Waals surface area contributed by atoms with E-state index in [4.69, 9.17) is 0 Å². The summed E-state index contributed by atoms with van der Waals surface area (Å²) in [7, 11) is 0. The molecule has 2 aromatic carbocycles. The summed E-state index contributed by atoms with van der Waals surface area (Å²) >= 11 is 0. The zero-order chi connectivity index (χ0) is 25.9. The van der Waals surface area contributed by atoms with Crippen LogP contribution in [0.15, 0.2) is 67.0 Å². The Morgan fingerprint density at radius 3 is 2.27 bits per heavy atom. The van der Waals surface area contributed by atoms with Gasteiger partial charge in [-0.1, -0.05) is 60.7 Å². The number of hydrogen-bond acceptors (Lipinski definition) is 4. The Balaban J connectivity index is 1.50. The number of aromatic nitrogens is 2. The Bertz CT molecular complexity index is 1280. The number of carboxylic acid groups (broad SMARTS) is 1. The number of nitrogens with zero attached hydrogens (tertiary/aromatic N) is 5. The van der Waals surface area contributed by atoms with Crippen molar-refractivity contribution in [1.29, 1.82) is 0 Å². The van der Waals surface area contributed by atoms with E-state index in [1.807, 2.05) is 70.1 Å². The summed E-state index contributed by atoms with van der Waals surface area (Å²) in [6.45, 7) is 3.62. The molecular weight excluding hydrogens is 470 g/mol. The van der Waals surface area contributed by atoms with Crippen LogP contribution in [0.4, 0.5) is 4.79 Å². The predicted octanol–water partition coefficient (Wildman–Crippen LogP) is 3.39. The molecule has 0 bridgehead atoms. The maximum absolute atomic E-state index is 14.1. The van der Waals surface area contributed by atoms with Crippen molar-refractivity contribution in [3.63, 3.8) is 0 Å². The quantitative estimate of drug-likeness (QED) is 0.578. The summed E-state index contributed by atoms with van der Waals surface area (Å²) in [4.78, 5) is 47.4. The number of likely N-dealkylation sites (tertiary alicyclic amines) is 1. The fourth-order valence-corrected chi connectivity index (χ4v) is 5.42. The summed E-state index contributed by atoms with van der Waals surface area (Å²) in [5.74, 6) is -0.162. The van der Waals surface area contributed by atoms with Gasteiger partial charge in [0, 0.05) is 45.2 Å². The molecule has 3 amide bonds. The van der Waals surface area contributed by atoms with Crippen molar-refractivity contribution in [2.24, 2.45) is 0 Å². The smallest absolute Gasteiger partial charge is 0.407 e. The summed E-state index contributed by atoms with van der Waals surface area (Å²) < 4.78 is 2.03. The number of hydrogen-bond donors (Lipinski definition) is 1. The van der Waals surface area contributed by atoms with E-state index in [2.05, 4.69) is 4.98 Å². The molecule has 0 spiro atoms. The number of carbonyl (C=O) groups excluding carboxylic acids is 2. The van der Waals surface area contributed by atoms with Crippen LogP contribution in [0.3, 0.4) is 0 Å². The highest BCUT2D eigenvalue weighted by atomic mass is 16.4. The molecule has 3 aromatic rings. The molecule has 3 heterocycles. The Kier molecular flexibility index (Phi) is 6.94. The summed E-state index contributed by atoms with van der Waals surface area (Å²) in [6, 6.07) is 19.2. The number of imidazole rings is 1. The molecule has 1 N–H and O–H groups in total. The minimum atomic E-state index is -0.976. The molecule has 0 unspecified atom stereocenters. The minimum Gasteiger partial charge on any atom is -0.465 e. The lowest BCUT2D eigenvalue weighted by Gasteiger charge is -2.40. The van der Waals surface area contributed by atoms with Gasteiger partial charge in [0.1, 0.15) is 0 Å². The third-order valence-corrected chi connectivity index (χ3v) is 7.37. The average Bonchev–Trinajstić information content (AvgIpc) is 3.57. The molecule has 2 fully saturated rings. The van der Waals surface area contributed by atoms with Crippen molar-refractivity contribution < 1.29 is 19.5 Å². The predicted molar refractivity (Wildman–Crippen MR) is 138 cm³/mol. The van der Waals surface area contributed by atoms with Crippen LogP contribution in [0.1, 0.15) is 35.4 Å². The first-order chi connectivity index (χ1) is 17.9. The Labute approximate surface area is 215 Å². The Hall–Kier alpha value is -4.14. The van der Waals surface area contributed by atoms with Crippen LogP contribution in [0.5, 0.6) is 0 Å². The molecule has 9 nitrogen and oxygen atoms in total. The molecule has 2 aliphatic rings. The van der Waals surface area contributed by atoms with Gasteiger partial charge >= 0.3 is 6.09 Å². The van der Waals surface area contributed by atoms with E-state index in [0.717, 1.165) is 23.2 Å². The second-order valence-electron chi connectivity index (χ2n) is 9.69. The van der Waals surface area contributed by atoms with Crippen molar-refractivity contribution in [2.75, 3.05) is 32.7 Å². The molecule has 2 atom stereocenters. The number of rotatable bonds is 5. The zero-order valence-corrected chi connectivity index (χ0v) is 20.9. The fraction of sp³-hybridized carbons (Fsp3) is 0.357. The van der Waals surface area contributed by atoms with Gasteiger partial charge in [-0.3, -0.25) is 9.59 Å². The normalized spacial score (nSPS) is 19.8. The van der Waals surface area contributed by atoms with Gasteiger partial charge in [0.2, 0.25) is 5.91 Å². The minimum absolute atomic E-state index is 0.0251. The third-order valence-electron chi connectivity index (χ3n) is 7.37. The van der Waals surface area contributed by atoms with Crippen LogP contribution in [-0.2, 0) is 11.2 Å². The highest BCUT2D eigenvalue weighted by Crippen LogP contribution is 2.32. The Morgan fingerprint density at radius 2 is 1.62 bits per heavy atom. The van der Waals surface area contributed by atoms with Crippen LogP contribution in [0, 0.1) is 0 Å². The first kappa shape index (κ1) is 24.5. The summed E-state index contributed by atoms with van der Waals surface area (Å²) in [5, 5.41) is 9.62. The van der Waals surface area contributed by atoms with Gasteiger partial charge in [0.05, 0.1) is 24.1 Å². The van der Waals surface area contributed by atoms with Gasteiger partial charge in [-0.25, -0.2) is 9.78 Å². The van der Waals surface area contributed by atoms with Crippen LogP contribution >= 0.6 is 0 Å².